The average Bonchev–Trinajstić information content (AvgIpc) is 3.15. The number of fused-ring (bicyclic) bond motifs is 4. The summed E-state index contributed by atoms with van der Waals surface area (Å²) in [5, 5.41) is 18.3. The van der Waals surface area contributed by atoms with Crippen LogP contribution in [0.5, 0.6) is 0 Å². The first-order chi connectivity index (χ1) is 18.9. The minimum absolute atomic E-state index is 0.0173. The molecule has 0 unspecified atom stereocenters. The summed E-state index contributed by atoms with van der Waals surface area (Å²) >= 11 is 0. The van der Waals surface area contributed by atoms with Crippen molar-refractivity contribution in [2.75, 3.05) is 0 Å². The molecule has 8 atom stereocenters. The summed E-state index contributed by atoms with van der Waals surface area (Å²) < 4.78 is 5.77. The Labute approximate surface area is 245 Å². The molecular formula is C34H50O7. The number of rotatable bonds is 9. The molecule has 7 nitrogen and oxygen atoms in total. The number of hydrogen-bond donors (Lipinski definition) is 2. The molecule has 0 aromatic rings. The van der Waals surface area contributed by atoms with E-state index in [1.807, 2.05) is 0 Å². The molecule has 41 heavy (non-hydrogen) atoms. The van der Waals surface area contributed by atoms with Gasteiger partial charge in [-0.1, -0.05) is 66.2 Å². The number of carbonyl (C=O) groups is 4. The van der Waals surface area contributed by atoms with E-state index in [1.54, 1.807) is 18.1 Å². The summed E-state index contributed by atoms with van der Waals surface area (Å²) in [7, 11) is 0. The average molecular weight is 571 g/mol. The van der Waals surface area contributed by atoms with E-state index in [4.69, 9.17) is 9.84 Å². The lowest BCUT2D eigenvalue weighted by atomic mass is 9.43. The third-order valence-electron chi connectivity index (χ3n) is 12.8. The molecule has 0 aromatic carbocycles. The topological polar surface area (TPSA) is 118 Å². The largest absolute Gasteiger partial charge is 0.481 e. The molecule has 0 aliphatic heterocycles. The number of esters is 1. The minimum Gasteiger partial charge on any atom is -0.481 e. The molecule has 2 fully saturated rings. The molecule has 4 aliphatic rings. The van der Waals surface area contributed by atoms with E-state index in [0.717, 1.165) is 51.4 Å². The van der Waals surface area contributed by atoms with Crippen molar-refractivity contribution in [3.63, 3.8) is 0 Å². The highest BCUT2D eigenvalue weighted by Gasteiger charge is 2.63. The van der Waals surface area contributed by atoms with Crippen LogP contribution >= 0.6 is 0 Å². The van der Waals surface area contributed by atoms with E-state index >= 15 is 0 Å². The quantitative estimate of drug-likeness (QED) is 0.133. The highest BCUT2D eigenvalue weighted by Crippen LogP contribution is 2.72. The number of carbonyl (C=O) groups excluding carboxylic acids is 2. The molecule has 0 heterocycles. The van der Waals surface area contributed by atoms with Gasteiger partial charge >= 0.3 is 17.9 Å². The predicted octanol–water partition coefficient (Wildman–Crippen LogP) is 6.99. The molecule has 0 aromatic heterocycles. The molecule has 4 aliphatic carbocycles. The third-order valence-corrected chi connectivity index (χ3v) is 12.8. The van der Waals surface area contributed by atoms with Gasteiger partial charge in [-0.3, -0.25) is 14.4 Å². The van der Waals surface area contributed by atoms with E-state index in [2.05, 4.69) is 48.1 Å². The summed E-state index contributed by atoms with van der Waals surface area (Å²) in [4.78, 5) is 47.7. The first kappa shape index (κ1) is 31.5. The van der Waals surface area contributed by atoms with Gasteiger partial charge in [-0.25, -0.2) is 4.79 Å². The number of ketones is 1. The number of allylic oxidation sites excluding steroid dienone is 2. The van der Waals surface area contributed by atoms with Crippen LogP contribution in [-0.2, 0) is 23.9 Å². The molecule has 0 spiro atoms. The van der Waals surface area contributed by atoms with Crippen molar-refractivity contribution in [3.8, 4) is 0 Å². The molecule has 7 heteroatoms. The van der Waals surface area contributed by atoms with Crippen LogP contribution in [0.4, 0.5) is 0 Å². The Morgan fingerprint density at radius 1 is 0.927 bits per heavy atom. The lowest BCUT2D eigenvalue weighted by molar-refractivity contribution is -0.172. The van der Waals surface area contributed by atoms with Crippen LogP contribution in [0.15, 0.2) is 23.3 Å². The molecular weight excluding hydrogens is 520 g/mol. The lowest BCUT2D eigenvalue weighted by Crippen LogP contribution is -2.56. The fraction of sp³-hybridized carbons (Fsp3) is 0.765. The van der Waals surface area contributed by atoms with E-state index < -0.39 is 30.2 Å². The van der Waals surface area contributed by atoms with E-state index in [1.165, 1.54) is 0 Å². The first-order valence-electron chi connectivity index (χ1n) is 15.5. The second-order valence-electron chi connectivity index (χ2n) is 15.0. The second-order valence-corrected chi connectivity index (χ2v) is 15.0. The van der Waals surface area contributed by atoms with Crippen molar-refractivity contribution >= 4 is 23.7 Å². The van der Waals surface area contributed by atoms with Gasteiger partial charge in [0, 0.05) is 23.3 Å². The Balaban J connectivity index is 1.57. The molecule has 2 N–H and O–H groups in total. The Morgan fingerprint density at radius 2 is 1.59 bits per heavy atom. The summed E-state index contributed by atoms with van der Waals surface area (Å²) in [5.74, 6) is -2.72. The zero-order valence-corrected chi connectivity index (χ0v) is 26.1. The van der Waals surface area contributed by atoms with Crippen molar-refractivity contribution in [3.05, 3.63) is 23.3 Å². The van der Waals surface area contributed by atoms with Crippen molar-refractivity contribution in [1.29, 1.82) is 0 Å². The maximum absolute atomic E-state index is 13.0. The number of carboxylic acids is 2. The summed E-state index contributed by atoms with van der Waals surface area (Å²) in [6.45, 7) is 19.1. The van der Waals surface area contributed by atoms with Crippen LogP contribution in [0.3, 0.4) is 0 Å². The van der Waals surface area contributed by atoms with Crippen LogP contribution in [0, 0.1) is 45.3 Å². The smallest absolute Gasteiger partial charge is 0.331 e. The normalized spacial score (nSPS) is 37.2. The van der Waals surface area contributed by atoms with Gasteiger partial charge in [-0.15, -0.1) is 0 Å². The van der Waals surface area contributed by atoms with Gasteiger partial charge in [0.1, 0.15) is 18.3 Å². The van der Waals surface area contributed by atoms with Gasteiger partial charge < -0.3 is 14.9 Å². The molecule has 0 bridgehead atoms. The van der Waals surface area contributed by atoms with Crippen molar-refractivity contribution < 1.29 is 34.1 Å². The Hall–Kier alpha value is -2.44. The van der Waals surface area contributed by atoms with Crippen LogP contribution in [0.1, 0.15) is 113 Å². The van der Waals surface area contributed by atoms with Gasteiger partial charge in [0.25, 0.3) is 0 Å². The highest BCUT2D eigenvalue weighted by atomic mass is 16.5. The zero-order valence-electron chi connectivity index (χ0n) is 26.1. The molecule has 0 saturated heterocycles. The summed E-state index contributed by atoms with van der Waals surface area (Å²) in [6, 6.07) is 0. The SMILES string of the molecule is C=C(C(=O)O)[C@H](C)C(=O)C[C@H](C)[C@H]1CC[C@@]2(C)C3=C(CC[C@]12C)[C@@]1(C)CC[C@@H](OC(=O)CC(=O)O)C(C)(C)[C@@H]1CC3. The number of aliphatic carboxylic acids is 2. The number of carboxylic acid groups (broad SMARTS) is 2. The second kappa shape index (κ2) is 10.7. The Kier molecular flexibility index (Phi) is 8.20. The first-order valence-corrected chi connectivity index (χ1v) is 15.5. The fourth-order valence-corrected chi connectivity index (χ4v) is 10.2. The fourth-order valence-electron chi connectivity index (χ4n) is 10.2. The van der Waals surface area contributed by atoms with Crippen LogP contribution < -0.4 is 0 Å². The van der Waals surface area contributed by atoms with Crippen molar-refractivity contribution in [2.24, 2.45) is 45.3 Å². The maximum Gasteiger partial charge on any atom is 0.331 e. The molecule has 0 amide bonds. The number of Topliss-reactive ketones (excluding diaryl/α,β-unsaturated/α-hetero) is 1. The minimum atomic E-state index is -1.16. The van der Waals surface area contributed by atoms with Crippen molar-refractivity contribution in [2.45, 2.75) is 119 Å². The van der Waals surface area contributed by atoms with E-state index in [9.17, 15) is 24.3 Å². The van der Waals surface area contributed by atoms with E-state index in [-0.39, 0.29) is 45.0 Å². The number of hydrogen-bond acceptors (Lipinski definition) is 5. The van der Waals surface area contributed by atoms with Crippen LogP contribution in [-0.4, -0.2) is 40.0 Å². The van der Waals surface area contributed by atoms with Crippen molar-refractivity contribution in [1.82, 2.24) is 0 Å². The standard InChI is InChI=1S/C34H50O7/c1-19(17-25(35)20(2)21(3)30(39)40)22-11-15-34(8)24-9-10-26-31(4,5)27(41-29(38)18-28(36)37)13-14-32(26,6)23(24)12-16-33(22,34)7/h19-20,22,26-27H,3,9-18H2,1-2,4-8H3,(H,36,37)(H,39,40)/t19-,20-,22+,26-,27+,32+,33+,34-/m0/s1. The molecule has 228 valence electrons. The van der Waals surface area contributed by atoms with Gasteiger partial charge in [-0.2, -0.15) is 0 Å². The van der Waals surface area contributed by atoms with Crippen LogP contribution in [0.25, 0.3) is 0 Å². The van der Waals surface area contributed by atoms with Crippen LogP contribution in [0.2, 0.25) is 0 Å². The lowest BCUT2D eigenvalue weighted by Gasteiger charge is -2.62. The van der Waals surface area contributed by atoms with Gasteiger partial charge in [0.05, 0.1) is 0 Å². The number of ether oxygens (including phenoxy) is 1. The predicted molar refractivity (Wildman–Crippen MR) is 156 cm³/mol. The zero-order chi connectivity index (χ0) is 30.7. The van der Waals surface area contributed by atoms with Gasteiger partial charge in [-0.05, 0) is 85.4 Å². The monoisotopic (exact) mass is 570 g/mol. The maximum atomic E-state index is 13.0. The Bertz CT molecular complexity index is 1180. The highest BCUT2D eigenvalue weighted by molar-refractivity contribution is 5.96. The summed E-state index contributed by atoms with van der Waals surface area (Å²) in [5.41, 5.74) is 3.08. The third kappa shape index (κ3) is 4.99. The molecule has 2 saturated carbocycles. The van der Waals surface area contributed by atoms with Gasteiger partial charge in [0.2, 0.25) is 0 Å². The summed E-state index contributed by atoms with van der Waals surface area (Å²) in [6.07, 6.45) is 7.49. The molecule has 4 rings (SSSR count). The Morgan fingerprint density at radius 3 is 2.20 bits per heavy atom. The van der Waals surface area contributed by atoms with Gasteiger partial charge in [0.15, 0.2) is 0 Å². The van der Waals surface area contributed by atoms with E-state index in [0.29, 0.717) is 18.3 Å². The molecule has 0 radical (unpaired) electrons.